The first-order valence-electron chi connectivity index (χ1n) is 9.31. The Balaban J connectivity index is 2.77. The van der Waals surface area contributed by atoms with E-state index in [2.05, 4.69) is 28.6 Å². The average Bonchev–Trinajstić information content (AvgIpc) is 2.71. The fourth-order valence-electron chi connectivity index (χ4n) is 2.47. The Morgan fingerprint density at radius 2 is 1.48 bits per heavy atom. The molecule has 0 bridgehead atoms. The Morgan fingerprint density at radius 1 is 0.935 bits per heavy atom. The third-order valence-corrected chi connectivity index (χ3v) is 4.56. The van der Waals surface area contributed by atoms with E-state index in [1.54, 1.807) is 24.3 Å². The van der Waals surface area contributed by atoms with E-state index >= 15 is 0 Å². The number of carboxylic acids is 2. The molecule has 4 unspecified atom stereocenters. The molecule has 31 heavy (non-hydrogen) atoms. The van der Waals surface area contributed by atoms with Crippen LogP contribution < -0.4 is 21.7 Å². The van der Waals surface area contributed by atoms with Crippen molar-refractivity contribution in [3.63, 3.8) is 0 Å². The van der Waals surface area contributed by atoms with E-state index in [0.717, 1.165) is 5.56 Å². The Morgan fingerprint density at radius 3 is 2.00 bits per heavy atom. The van der Waals surface area contributed by atoms with Crippen molar-refractivity contribution in [1.29, 1.82) is 0 Å². The predicted molar refractivity (Wildman–Crippen MR) is 113 cm³/mol. The van der Waals surface area contributed by atoms with Crippen molar-refractivity contribution in [1.82, 2.24) is 16.0 Å². The van der Waals surface area contributed by atoms with Crippen molar-refractivity contribution in [2.75, 3.05) is 5.75 Å². The first-order valence-corrected chi connectivity index (χ1v) is 9.94. The standard InChI is InChI=1S/C19H26N4O7S/c1-10(19(29)30)21-17(27)13(8-15(24)25)22-18(28)14(9-31)23-16(26)12(20)7-11-5-3-2-4-6-11/h2-6,10,12-14,31H,7-9,20H2,1H3,(H,21,27)(H,22,28)(H,23,26)(H,24,25)(H,29,30). The monoisotopic (exact) mass is 454 g/mol. The van der Waals surface area contributed by atoms with Crippen LogP contribution in [-0.4, -0.2) is 69.8 Å². The molecule has 0 saturated carbocycles. The average molecular weight is 455 g/mol. The van der Waals surface area contributed by atoms with Crippen LogP contribution in [0.2, 0.25) is 0 Å². The Bertz CT molecular complexity index is 806. The molecular weight excluding hydrogens is 428 g/mol. The fraction of sp³-hybridized carbons (Fsp3) is 0.421. The smallest absolute Gasteiger partial charge is 0.325 e. The van der Waals surface area contributed by atoms with Crippen molar-refractivity contribution in [3.8, 4) is 0 Å². The molecule has 0 aliphatic heterocycles. The molecule has 170 valence electrons. The van der Waals surface area contributed by atoms with Crippen molar-refractivity contribution < 1.29 is 34.2 Å². The number of amides is 3. The van der Waals surface area contributed by atoms with E-state index in [0.29, 0.717) is 0 Å². The summed E-state index contributed by atoms with van der Waals surface area (Å²) in [4.78, 5) is 59.0. The number of carbonyl (C=O) groups is 5. The largest absolute Gasteiger partial charge is 0.481 e. The molecular formula is C19H26N4O7S. The minimum absolute atomic E-state index is 0.150. The van der Waals surface area contributed by atoms with Crippen molar-refractivity contribution >= 4 is 42.3 Å². The van der Waals surface area contributed by atoms with E-state index in [-0.39, 0.29) is 12.2 Å². The third-order valence-electron chi connectivity index (χ3n) is 4.19. The van der Waals surface area contributed by atoms with Crippen LogP contribution in [0.5, 0.6) is 0 Å². The number of thiol groups is 1. The quantitative estimate of drug-likeness (QED) is 0.186. The molecule has 1 aromatic carbocycles. The van der Waals surface area contributed by atoms with Crippen LogP contribution in [0.4, 0.5) is 0 Å². The summed E-state index contributed by atoms with van der Waals surface area (Å²) in [6.45, 7) is 1.19. The number of carboxylic acid groups (broad SMARTS) is 2. The van der Waals surface area contributed by atoms with Crippen molar-refractivity contribution in [2.24, 2.45) is 5.73 Å². The van der Waals surface area contributed by atoms with Gasteiger partial charge in [-0.25, -0.2) is 0 Å². The van der Waals surface area contributed by atoms with E-state index in [9.17, 15) is 24.0 Å². The molecule has 4 atom stereocenters. The van der Waals surface area contributed by atoms with Crippen LogP contribution in [0.3, 0.4) is 0 Å². The van der Waals surface area contributed by atoms with Gasteiger partial charge in [0.05, 0.1) is 12.5 Å². The number of hydrogen-bond donors (Lipinski definition) is 7. The van der Waals surface area contributed by atoms with Gasteiger partial charge in [-0.2, -0.15) is 12.6 Å². The molecule has 0 aliphatic carbocycles. The number of hydrogen-bond acceptors (Lipinski definition) is 7. The van der Waals surface area contributed by atoms with Gasteiger partial charge in [-0.15, -0.1) is 0 Å². The normalized spacial score (nSPS) is 14.4. The van der Waals surface area contributed by atoms with Crippen molar-refractivity contribution in [2.45, 2.75) is 43.9 Å². The van der Waals surface area contributed by atoms with Gasteiger partial charge in [0, 0.05) is 5.75 Å². The Kier molecular flexibility index (Phi) is 10.5. The Hall–Kier alpha value is -3.12. The number of rotatable bonds is 12. The van der Waals surface area contributed by atoms with Gasteiger partial charge in [-0.3, -0.25) is 24.0 Å². The first-order chi connectivity index (χ1) is 14.5. The summed E-state index contributed by atoms with van der Waals surface area (Å²) in [5, 5.41) is 24.6. The molecule has 11 nitrogen and oxygen atoms in total. The summed E-state index contributed by atoms with van der Waals surface area (Å²) in [5.41, 5.74) is 6.71. The van der Waals surface area contributed by atoms with Gasteiger partial charge in [0.15, 0.2) is 0 Å². The summed E-state index contributed by atoms with van der Waals surface area (Å²) >= 11 is 4.01. The lowest BCUT2D eigenvalue weighted by molar-refractivity contribution is -0.143. The second kappa shape index (κ2) is 12.5. The zero-order valence-corrected chi connectivity index (χ0v) is 17.7. The molecule has 12 heteroatoms. The minimum atomic E-state index is -1.55. The van der Waals surface area contributed by atoms with Gasteiger partial charge in [0.2, 0.25) is 17.7 Å². The maximum Gasteiger partial charge on any atom is 0.325 e. The van der Waals surface area contributed by atoms with Gasteiger partial charge in [-0.05, 0) is 18.9 Å². The van der Waals surface area contributed by atoms with Gasteiger partial charge < -0.3 is 31.9 Å². The number of benzene rings is 1. The van der Waals surface area contributed by atoms with Gasteiger partial charge >= 0.3 is 11.9 Å². The first kappa shape index (κ1) is 25.9. The van der Waals surface area contributed by atoms with E-state index < -0.39 is 60.2 Å². The van der Waals surface area contributed by atoms with Crippen LogP contribution in [0.15, 0.2) is 30.3 Å². The van der Waals surface area contributed by atoms with Gasteiger partial charge in [0.25, 0.3) is 0 Å². The number of carbonyl (C=O) groups excluding carboxylic acids is 3. The highest BCUT2D eigenvalue weighted by molar-refractivity contribution is 7.80. The number of nitrogens with one attached hydrogen (secondary N) is 3. The summed E-state index contributed by atoms with van der Waals surface area (Å²) in [6.07, 6.45) is -0.560. The van der Waals surface area contributed by atoms with E-state index in [1.165, 1.54) is 6.92 Å². The molecule has 0 saturated heterocycles. The molecule has 0 heterocycles. The van der Waals surface area contributed by atoms with Crippen LogP contribution in [0.1, 0.15) is 18.9 Å². The van der Waals surface area contributed by atoms with Gasteiger partial charge in [-0.1, -0.05) is 30.3 Å². The summed E-state index contributed by atoms with van der Waals surface area (Å²) in [5.74, 6) is -5.35. The highest BCUT2D eigenvalue weighted by Gasteiger charge is 2.30. The van der Waals surface area contributed by atoms with E-state index in [1.807, 2.05) is 6.07 Å². The van der Waals surface area contributed by atoms with Gasteiger partial charge in [0.1, 0.15) is 18.1 Å². The summed E-state index contributed by atoms with van der Waals surface area (Å²) in [7, 11) is 0. The zero-order chi connectivity index (χ0) is 23.6. The Labute approximate surface area is 184 Å². The van der Waals surface area contributed by atoms with E-state index in [4.69, 9.17) is 15.9 Å². The maximum absolute atomic E-state index is 12.5. The van der Waals surface area contributed by atoms with Crippen LogP contribution in [0, 0.1) is 0 Å². The molecule has 0 fully saturated rings. The molecule has 0 radical (unpaired) electrons. The zero-order valence-electron chi connectivity index (χ0n) is 16.8. The minimum Gasteiger partial charge on any atom is -0.481 e. The number of aliphatic carboxylic acids is 2. The molecule has 7 N–H and O–H groups in total. The topological polar surface area (TPSA) is 188 Å². The lowest BCUT2D eigenvalue weighted by Crippen LogP contribution is -2.58. The van der Waals surface area contributed by atoms with Crippen LogP contribution >= 0.6 is 12.6 Å². The summed E-state index contributed by atoms with van der Waals surface area (Å²) in [6, 6.07) is 4.00. The third kappa shape index (κ3) is 9.05. The molecule has 1 aromatic rings. The predicted octanol–water partition coefficient (Wildman–Crippen LogP) is -1.48. The number of nitrogens with two attached hydrogens (primary N) is 1. The lowest BCUT2D eigenvalue weighted by atomic mass is 10.1. The highest BCUT2D eigenvalue weighted by Crippen LogP contribution is 2.03. The molecule has 0 aromatic heterocycles. The second-order valence-corrected chi connectivity index (χ2v) is 7.13. The fourth-order valence-corrected chi connectivity index (χ4v) is 2.72. The molecule has 0 spiro atoms. The SMILES string of the molecule is CC(NC(=O)C(CC(=O)O)NC(=O)C(CS)NC(=O)C(N)Cc1ccccc1)C(=O)O. The molecule has 1 rings (SSSR count). The van der Waals surface area contributed by atoms with Crippen molar-refractivity contribution in [3.05, 3.63) is 35.9 Å². The highest BCUT2D eigenvalue weighted by atomic mass is 32.1. The maximum atomic E-state index is 12.5. The van der Waals surface area contributed by atoms with Crippen LogP contribution in [0.25, 0.3) is 0 Å². The van der Waals surface area contributed by atoms with Crippen LogP contribution in [-0.2, 0) is 30.4 Å². The molecule has 0 aliphatic rings. The lowest BCUT2D eigenvalue weighted by Gasteiger charge is -2.23. The second-order valence-electron chi connectivity index (χ2n) is 6.77. The molecule has 3 amide bonds. The summed E-state index contributed by atoms with van der Waals surface area (Å²) < 4.78 is 0.